The summed E-state index contributed by atoms with van der Waals surface area (Å²) in [5.41, 5.74) is 0. The van der Waals surface area contributed by atoms with Gasteiger partial charge in [0.15, 0.2) is 0 Å². The molecule has 0 aromatic carbocycles. The Hall–Kier alpha value is -0.480. The van der Waals surface area contributed by atoms with E-state index in [-0.39, 0.29) is 6.04 Å². The lowest BCUT2D eigenvalue weighted by Crippen LogP contribution is -2.34. The first-order valence-corrected chi connectivity index (χ1v) is 5.07. The first kappa shape index (κ1) is 10.6. The maximum Gasteiger partial charge on any atom is 0.253 e. The fraction of sp³-hybridized carbons (Fsp3) is 0.556. The third-order valence-electron chi connectivity index (χ3n) is 1.86. The van der Waals surface area contributed by atoms with Crippen molar-refractivity contribution in [1.82, 2.24) is 5.32 Å². The average molecular weight is 205 g/mol. The molecule has 74 valence electrons. The van der Waals surface area contributed by atoms with Crippen molar-refractivity contribution < 1.29 is 8.78 Å². The molecule has 1 nitrogen and oxygen atoms in total. The molecule has 1 aromatic rings. The standard InChI is InChI=1S/C9H13F2NS/c1-6(8-4-3-5-13-8)12-7(2)9(10)11/h3-7,9,12H,1-2H3. The Balaban J connectivity index is 2.46. The molecule has 1 rings (SSSR count). The van der Waals surface area contributed by atoms with Gasteiger partial charge in [0.2, 0.25) is 0 Å². The molecule has 0 saturated carbocycles. The van der Waals surface area contributed by atoms with Crippen LogP contribution >= 0.6 is 11.3 Å². The van der Waals surface area contributed by atoms with Crippen LogP contribution in [0.2, 0.25) is 0 Å². The summed E-state index contributed by atoms with van der Waals surface area (Å²) in [7, 11) is 0. The van der Waals surface area contributed by atoms with Gasteiger partial charge in [-0.05, 0) is 25.3 Å². The van der Waals surface area contributed by atoms with Crippen LogP contribution in [-0.2, 0) is 0 Å². The second-order valence-electron chi connectivity index (χ2n) is 3.03. The number of hydrogen-bond donors (Lipinski definition) is 1. The predicted molar refractivity (Wildman–Crippen MR) is 51.3 cm³/mol. The lowest BCUT2D eigenvalue weighted by atomic mass is 10.2. The Kier molecular flexibility index (Phi) is 3.81. The van der Waals surface area contributed by atoms with Gasteiger partial charge < -0.3 is 5.32 Å². The van der Waals surface area contributed by atoms with Crippen LogP contribution in [0.3, 0.4) is 0 Å². The first-order chi connectivity index (χ1) is 6.11. The summed E-state index contributed by atoms with van der Waals surface area (Å²) in [5.74, 6) is 0. The van der Waals surface area contributed by atoms with Crippen molar-refractivity contribution in [2.24, 2.45) is 0 Å². The van der Waals surface area contributed by atoms with Crippen molar-refractivity contribution in [2.75, 3.05) is 0 Å². The first-order valence-electron chi connectivity index (χ1n) is 4.19. The largest absolute Gasteiger partial charge is 0.302 e. The van der Waals surface area contributed by atoms with Crippen LogP contribution in [0, 0.1) is 0 Å². The Morgan fingerprint density at radius 3 is 2.54 bits per heavy atom. The van der Waals surface area contributed by atoms with Gasteiger partial charge in [0.05, 0.1) is 6.04 Å². The minimum Gasteiger partial charge on any atom is -0.302 e. The Morgan fingerprint density at radius 2 is 2.08 bits per heavy atom. The molecular formula is C9H13F2NS. The Bertz CT molecular complexity index is 236. The highest BCUT2D eigenvalue weighted by Crippen LogP contribution is 2.19. The number of hydrogen-bond acceptors (Lipinski definition) is 2. The average Bonchev–Trinajstić information content (AvgIpc) is 2.55. The fourth-order valence-electron chi connectivity index (χ4n) is 1.09. The lowest BCUT2D eigenvalue weighted by Gasteiger charge is -2.17. The molecule has 0 saturated heterocycles. The molecule has 13 heavy (non-hydrogen) atoms. The summed E-state index contributed by atoms with van der Waals surface area (Å²) >= 11 is 1.58. The summed E-state index contributed by atoms with van der Waals surface area (Å²) < 4.78 is 24.3. The minimum atomic E-state index is -2.30. The molecule has 0 bridgehead atoms. The quantitative estimate of drug-likeness (QED) is 0.796. The predicted octanol–water partition coefficient (Wildman–Crippen LogP) is 3.05. The Morgan fingerprint density at radius 1 is 1.38 bits per heavy atom. The maximum atomic E-state index is 12.2. The summed E-state index contributed by atoms with van der Waals surface area (Å²) in [4.78, 5) is 1.09. The van der Waals surface area contributed by atoms with E-state index in [0.29, 0.717) is 0 Å². The highest BCUT2D eigenvalue weighted by molar-refractivity contribution is 7.10. The molecule has 0 spiro atoms. The van der Waals surface area contributed by atoms with Crippen molar-refractivity contribution >= 4 is 11.3 Å². The topological polar surface area (TPSA) is 12.0 Å². The zero-order valence-corrected chi connectivity index (χ0v) is 8.44. The fourth-order valence-corrected chi connectivity index (χ4v) is 1.83. The molecule has 1 heterocycles. The SMILES string of the molecule is CC(NC(C)C(F)F)c1cccs1. The Labute approximate surface area is 80.8 Å². The van der Waals surface area contributed by atoms with Crippen LogP contribution in [-0.4, -0.2) is 12.5 Å². The zero-order chi connectivity index (χ0) is 9.84. The third-order valence-corrected chi connectivity index (χ3v) is 2.92. The van der Waals surface area contributed by atoms with Crippen molar-refractivity contribution in [3.05, 3.63) is 22.4 Å². The minimum absolute atomic E-state index is 0.00370. The van der Waals surface area contributed by atoms with Gasteiger partial charge in [0, 0.05) is 10.9 Å². The van der Waals surface area contributed by atoms with Gasteiger partial charge in [-0.25, -0.2) is 8.78 Å². The van der Waals surface area contributed by atoms with E-state index in [4.69, 9.17) is 0 Å². The van der Waals surface area contributed by atoms with Crippen LogP contribution in [0.4, 0.5) is 8.78 Å². The molecule has 2 atom stereocenters. The molecule has 0 amide bonds. The van der Waals surface area contributed by atoms with E-state index in [2.05, 4.69) is 5.32 Å². The molecule has 0 radical (unpaired) electrons. The molecule has 0 fully saturated rings. The van der Waals surface area contributed by atoms with E-state index in [1.54, 1.807) is 11.3 Å². The molecule has 0 aliphatic rings. The van der Waals surface area contributed by atoms with Crippen LogP contribution in [0.1, 0.15) is 24.8 Å². The zero-order valence-electron chi connectivity index (χ0n) is 7.63. The smallest absolute Gasteiger partial charge is 0.253 e. The summed E-state index contributed by atoms with van der Waals surface area (Å²) in [6.07, 6.45) is -2.30. The highest BCUT2D eigenvalue weighted by Gasteiger charge is 2.17. The van der Waals surface area contributed by atoms with Gasteiger partial charge in [0.25, 0.3) is 6.43 Å². The summed E-state index contributed by atoms with van der Waals surface area (Å²) in [6, 6.07) is 3.12. The maximum absolute atomic E-state index is 12.2. The molecule has 1 aromatic heterocycles. The second-order valence-corrected chi connectivity index (χ2v) is 4.01. The van der Waals surface area contributed by atoms with Crippen LogP contribution in [0.25, 0.3) is 0 Å². The van der Waals surface area contributed by atoms with E-state index >= 15 is 0 Å². The van der Waals surface area contributed by atoms with Crippen molar-refractivity contribution in [3.63, 3.8) is 0 Å². The van der Waals surface area contributed by atoms with E-state index < -0.39 is 12.5 Å². The van der Waals surface area contributed by atoms with E-state index in [0.717, 1.165) is 4.88 Å². The highest BCUT2D eigenvalue weighted by atomic mass is 32.1. The molecular weight excluding hydrogens is 192 g/mol. The van der Waals surface area contributed by atoms with Crippen LogP contribution in [0.15, 0.2) is 17.5 Å². The number of thiophene rings is 1. The summed E-state index contributed by atoms with van der Waals surface area (Å²) in [5, 5.41) is 4.79. The molecule has 0 aliphatic carbocycles. The number of halogens is 2. The number of rotatable bonds is 4. The van der Waals surface area contributed by atoms with E-state index in [1.165, 1.54) is 6.92 Å². The van der Waals surface area contributed by atoms with E-state index in [9.17, 15) is 8.78 Å². The third kappa shape index (κ3) is 3.04. The normalized spacial score (nSPS) is 16.1. The van der Waals surface area contributed by atoms with Crippen LogP contribution < -0.4 is 5.32 Å². The van der Waals surface area contributed by atoms with E-state index in [1.807, 2.05) is 24.4 Å². The lowest BCUT2D eigenvalue weighted by molar-refractivity contribution is 0.101. The van der Waals surface area contributed by atoms with Crippen molar-refractivity contribution in [2.45, 2.75) is 32.4 Å². The summed E-state index contributed by atoms with van der Waals surface area (Å²) in [6.45, 7) is 3.39. The molecule has 0 aliphatic heterocycles. The molecule has 4 heteroatoms. The van der Waals surface area contributed by atoms with Gasteiger partial charge in [-0.1, -0.05) is 6.07 Å². The molecule has 1 N–H and O–H groups in total. The van der Waals surface area contributed by atoms with Gasteiger partial charge >= 0.3 is 0 Å². The van der Waals surface area contributed by atoms with Crippen molar-refractivity contribution in [1.29, 1.82) is 0 Å². The van der Waals surface area contributed by atoms with Gasteiger partial charge in [-0.3, -0.25) is 0 Å². The second kappa shape index (κ2) is 4.67. The number of alkyl halides is 2. The van der Waals surface area contributed by atoms with Crippen molar-refractivity contribution in [3.8, 4) is 0 Å². The van der Waals surface area contributed by atoms with Gasteiger partial charge in [-0.15, -0.1) is 11.3 Å². The monoisotopic (exact) mass is 205 g/mol. The van der Waals surface area contributed by atoms with Gasteiger partial charge in [-0.2, -0.15) is 0 Å². The molecule has 2 unspecified atom stereocenters. The number of nitrogens with one attached hydrogen (secondary N) is 1. The van der Waals surface area contributed by atoms with Gasteiger partial charge in [0.1, 0.15) is 0 Å². The van der Waals surface area contributed by atoms with Crippen LogP contribution in [0.5, 0.6) is 0 Å².